The number of rotatable bonds is 6. The predicted octanol–water partition coefficient (Wildman–Crippen LogP) is 2.71. The normalized spacial score (nSPS) is 21.3. The number of hydrogen-bond donors (Lipinski definition) is 1. The molecule has 1 N–H and O–H groups in total. The third kappa shape index (κ3) is 5.57. The summed E-state index contributed by atoms with van der Waals surface area (Å²) in [6, 6.07) is 0. The highest BCUT2D eigenvalue weighted by molar-refractivity contribution is 7.15. The molecule has 2 atom stereocenters. The summed E-state index contributed by atoms with van der Waals surface area (Å²) in [6.07, 6.45) is 3.50. The molecule has 0 unspecified atom stereocenters. The lowest BCUT2D eigenvalue weighted by molar-refractivity contribution is -0.135. The summed E-state index contributed by atoms with van der Waals surface area (Å²) in [5.41, 5.74) is 0. The van der Waals surface area contributed by atoms with Gasteiger partial charge in [-0.3, -0.25) is 9.59 Å². The number of nitrogens with zero attached hydrogens (tertiary/aromatic N) is 3. The molecule has 2 amide bonds. The van der Waals surface area contributed by atoms with Gasteiger partial charge in [-0.2, -0.15) is 0 Å². The van der Waals surface area contributed by atoms with Crippen LogP contribution in [0.15, 0.2) is 0 Å². The van der Waals surface area contributed by atoms with Gasteiger partial charge in [0.25, 0.3) is 0 Å². The van der Waals surface area contributed by atoms with Crippen molar-refractivity contribution in [1.29, 1.82) is 0 Å². The van der Waals surface area contributed by atoms with Crippen molar-refractivity contribution in [2.45, 2.75) is 52.9 Å². The smallest absolute Gasteiger partial charge is 0.226 e. The van der Waals surface area contributed by atoms with Crippen LogP contribution in [0, 0.1) is 11.8 Å². The summed E-state index contributed by atoms with van der Waals surface area (Å²) in [5, 5.41) is 12.2. The maximum absolute atomic E-state index is 12.3. The van der Waals surface area contributed by atoms with Crippen molar-refractivity contribution in [3.05, 3.63) is 5.01 Å². The molecule has 1 fully saturated rings. The SMILES string of the molecule is CCCc1nnc(NC(=O)CCC(=O)N2C[C@@H](C)C[C@H](C)C2)s1. The van der Waals surface area contributed by atoms with Crippen LogP contribution >= 0.6 is 11.3 Å². The van der Waals surface area contributed by atoms with Crippen molar-refractivity contribution in [1.82, 2.24) is 15.1 Å². The summed E-state index contributed by atoms with van der Waals surface area (Å²) in [5.74, 6) is 0.975. The number of anilines is 1. The highest BCUT2D eigenvalue weighted by Gasteiger charge is 2.25. The molecule has 2 rings (SSSR count). The van der Waals surface area contributed by atoms with Crippen LogP contribution < -0.4 is 5.32 Å². The number of aryl methyl sites for hydroxylation is 1. The van der Waals surface area contributed by atoms with Crippen LogP contribution in [0.4, 0.5) is 5.13 Å². The van der Waals surface area contributed by atoms with E-state index in [0.717, 1.165) is 30.9 Å². The van der Waals surface area contributed by atoms with Crippen molar-refractivity contribution in [3.8, 4) is 0 Å². The van der Waals surface area contributed by atoms with Gasteiger partial charge in [0.05, 0.1) is 0 Å². The van der Waals surface area contributed by atoms with E-state index in [0.29, 0.717) is 17.0 Å². The predicted molar refractivity (Wildman–Crippen MR) is 91.3 cm³/mol. The Hall–Kier alpha value is -1.50. The second kappa shape index (κ2) is 8.38. The Balaban J connectivity index is 1.75. The van der Waals surface area contributed by atoms with Crippen LogP contribution in [0.5, 0.6) is 0 Å². The maximum atomic E-state index is 12.3. The molecule has 7 heteroatoms. The lowest BCUT2D eigenvalue weighted by Crippen LogP contribution is -2.42. The zero-order valence-electron chi connectivity index (χ0n) is 14.2. The van der Waals surface area contributed by atoms with Crippen LogP contribution in [0.1, 0.15) is 51.5 Å². The molecule has 0 bridgehead atoms. The van der Waals surface area contributed by atoms with E-state index >= 15 is 0 Å². The molecule has 1 aliphatic rings. The molecule has 0 spiro atoms. The third-order valence-electron chi connectivity index (χ3n) is 3.96. The molecule has 1 aromatic rings. The van der Waals surface area contributed by atoms with Gasteiger partial charge >= 0.3 is 0 Å². The second-order valence-corrected chi connectivity index (χ2v) is 7.61. The van der Waals surface area contributed by atoms with Crippen molar-refractivity contribution < 1.29 is 9.59 Å². The molecule has 0 saturated carbocycles. The van der Waals surface area contributed by atoms with Crippen LogP contribution in [0.2, 0.25) is 0 Å². The molecule has 6 nitrogen and oxygen atoms in total. The quantitative estimate of drug-likeness (QED) is 0.865. The molecular formula is C16H26N4O2S. The standard InChI is InChI=1S/C16H26N4O2S/c1-4-5-14-18-19-16(23-14)17-13(21)6-7-15(22)20-9-11(2)8-12(3)10-20/h11-12H,4-10H2,1-3H3,(H,17,19,21)/t11-,12-/m0/s1. The van der Waals surface area contributed by atoms with Crippen molar-refractivity contribution in [2.24, 2.45) is 11.8 Å². The molecular weight excluding hydrogens is 312 g/mol. The Morgan fingerprint density at radius 3 is 2.57 bits per heavy atom. The maximum Gasteiger partial charge on any atom is 0.226 e. The first-order chi connectivity index (χ1) is 11.0. The summed E-state index contributed by atoms with van der Waals surface area (Å²) in [7, 11) is 0. The van der Waals surface area contributed by atoms with E-state index in [1.165, 1.54) is 17.8 Å². The van der Waals surface area contributed by atoms with Gasteiger partial charge in [0.1, 0.15) is 5.01 Å². The lowest BCUT2D eigenvalue weighted by Gasteiger charge is -2.35. The molecule has 1 aliphatic heterocycles. The average Bonchev–Trinajstić information content (AvgIpc) is 2.91. The second-order valence-electron chi connectivity index (χ2n) is 6.54. The first-order valence-corrected chi connectivity index (χ1v) is 9.19. The number of nitrogens with one attached hydrogen (secondary N) is 1. The molecule has 23 heavy (non-hydrogen) atoms. The molecule has 128 valence electrons. The minimum Gasteiger partial charge on any atom is -0.342 e. The van der Waals surface area contributed by atoms with Crippen LogP contribution in [0.25, 0.3) is 0 Å². The zero-order valence-corrected chi connectivity index (χ0v) is 15.0. The molecule has 0 aromatic carbocycles. The van der Waals surface area contributed by atoms with Crippen molar-refractivity contribution >= 4 is 28.3 Å². The fourth-order valence-corrected chi connectivity index (χ4v) is 3.90. The molecule has 1 saturated heterocycles. The zero-order chi connectivity index (χ0) is 16.8. The van der Waals surface area contributed by atoms with Gasteiger partial charge in [-0.25, -0.2) is 0 Å². The molecule has 0 radical (unpaired) electrons. The fraction of sp³-hybridized carbons (Fsp3) is 0.750. The van der Waals surface area contributed by atoms with Gasteiger partial charge in [-0.1, -0.05) is 32.1 Å². The van der Waals surface area contributed by atoms with Crippen LogP contribution in [-0.4, -0.2) is 40.0 Å². The summed E-state index contributed by atoms with van der Waals surface area (Å²) >= 11 is 1.40. The summed E-state index contributed by atoms with van der Waals surface area (Å²) < 4.78 is 0. The van der Waals surface area contributed by atoms with E-state index in [1.54, 1.807) is 0 Å². The highest BCUT2D eigenvalue weighted by Crippen LogP contribution is 2.22. The van der Waals surface area contributed by atoms with Crippen molar-refractivity contribution in [2.75, 3.05) is 18.4 Å². The van der Waals surface area contributed by atoms with Gasteiger partial charge in [0, 0.05) is 32.4 Å². The van der Waals surface area contributed by atoms with Crippen LogP contribution in [0.3, 0.4) is 0 Å². The highest BCUT2D eigenvalue weighted by atomic mass is 32.1. The first-order valence-electron chi connectivity index (χ1n) is 8.38. The number of piperidine rings is 1. The van der Waals surface area contributed by atoms with Gasteiger partial charge in [0.15, 0.2) is 0 Å². The molecule has 0 aliphatic carbocycles. The Labute approximate surface area is 141 Å². The van der Waals surface area contributed by atoms with Gasteiger partial charge in [-0.15, -0.1) is 10.2 Å². The molecule has 1 aromatic heterocycles. The Morgan fingerprint density at radius 2 is 1.91 bits per heavy atom. The number of amides is 2. The van der Waals surface area contributed by atoms with Crippen molar-refractivity contribution in [3.63, 3.8) is 0 Å². The minimum absolute atomic E-state index is 0.0717. The summed E-state index contributed by atoms with van der Waals surface area (Å²) in [4.78, 5) is 26.1. The van der Waals surface area contributed by atoms with Gasteiger partial charge in [-0.05, 0) is 24.7 Å². The number of carbonyl (C=O) groups excluding carboxylic acids is 2. The van der Waals surface area contributed by atoms with Gasteiger partial charge < -0.3 is 10.2 Å². The van der Waals surface area contributed by atoms with E-state index < -0.39 is 0 Å². The fourth-order valence-electron chi connectivity index (χ4n) is 3.05. The number of hydrogen-bond acceptors (Lipinski definition) is 5. The lowest BCUT2D eigenvalue weighted by atomic mass is 9.91. The number of carbonyl (C=O) groups is 2. The monoisotopic (exact) mass is 338 g/mol. The van der Waals surface area contributed by atoms with E-state index in [2.05, 4.69) is 36.3 Å². The van der Waals surface area contributed by atoms with Gasteiger partial charge in [0.2, 0.25) is 16.9 Å². The number of aromatic nitrogens is 2. The van der Waals surface area contributed by atoms with E-state index in [1.807, 2.05) is 4.90 Å². The van der Waals surface area contributed by atoms with E-state index in [9.17, 15) is 9.59 Å². The average molecular weight is 338 g/mol. The Kier molecular flexibility index (Phi) is 6.50. The largest absolute Gasteiger partial charge is 0.342 e. The van der Waals surface area contributed by atoms with E-state index in [-0.39, 0.29) is 24.7 Å². The first kappa shape index (κ1) is 17.8. The Bertz CT molecular complexity index is 536. The van der Waals surface area contributed by atoms with Crippen LogP contribution in [-0.2, 0) is 16.0 Å². The Morgan fingerprint density at radius 1 is 1.22 bits per heavy atom. The third-order valence-corrected chi connectivity index (χ3v) is 4.86. The summed E-state index contributed by atoms with van der Waals surface area (Å²) in [6.45, 7) is 8.04. The topological polar surface area (TPSA) is 75.2 Å². The number of likely N-dealkylation sites (tertiary alicyclic amines) is 1. The van der Waals surface area contributed by atoms with E-state index in [4.69, 9.17) is 0 Å². The minimum atomic E-state index is -0.171. The molecule has 2 heterocycles.